The fourth-order valence-corrected chi connectivity index (χ4v) is 2.59. The molecule has 18 heavy (non-hydrogen) atoms. The molecule has 2 saturated heterocycles. The molecule has 0 unspecified atom stereocenters. The lowest BCUT2D eigenvalue weighted by atomic mass is 9.91. The molecule has 4 nitrogen and oxygen atoms in total. The lowest BCUT2D eigenvalue weighted by Gasteiger charge is -2.34. The van der Waals surface area contributed by atoms with Crippen LogP contribution in [0, 0.1) is 0 Å². The van der Waals surface area contributed by atoms with Gasteiger partial charge in [-0.25, -0.2) is 0 Å². The summed E-state index contributed by atoms with van der Waals surface area (Å²) in [6, 6.07) is 6.26. The van der Waals surface area contributed by atoms with Gasteiger partial charge in [-0.15, -0.1) is 0 Å². The summed E-state index contributed by atoms with van der Waals surface area (Å²) in [5, 5.41) is 0. The van der Waals surface area contributed by atoms with E-state index in [2.05, 4.69) is 17.0 Å². The second-order valence-electron chi connectivity index (χ2n) is 5.07. The van der Waals surface area contributed by atoms with Crippen LogP contribution in [0.4, 0.5) is 11.4 Å². The molecule has 0 saturated carbocycles. The maximum atomic E-state index is 11.1. The summed E-state index contributed by atoms with van der Waals surface area (Å²) in [6.45, 7) is 2.71. The van der Waals surface area contributed by atoms with Gasteiger partial charge in [0, 0.05) is 36.8 Å². The van der Waals surface area contributed by atoms with Crippen molar-refractivity contribution in [3.63, 3.8) is 0 Å². The van der Waals surface area contributed by atoms with Gasteiger partial charge in [0.05, 0.1) is 6.61 Å². The number of nitrogens with zero attached hydrogens (tertiary/aromatic N) is 1. The zero-order valence-electron chi connectivity index (χ0n) is 10.4. The average Bonchev–Trinajstić information content (AvgIpc) is 2.29. The maximum Gasteiger partial charge on any atom is 0.305 e. The lowest BCUT2D eigenvalue weighted by molar-refractivity contribution is -0.147. The molecular formula is C14H18N2O2. The third-order valence-electron chi connectivity index (χ3n) is 3.87. The van der Waals surface area contributed by atoms with Crippen LogP contribution in [0.5, 0.6) is 0 Å². The second kappa shape index (κ2) is 4.52. The zero-order valence-corrected chi connectivity index (χ0v) is 10.4. The number of anilines is 2. The largest absolute Gasteiger partial charge is 0.465 e. The van der Waals surface area contributed by atoms with E-state index in [-0.39, 0.29) is 11.9 Å². The van der Waals surface area contributed by atoms with E-state index in [0.29, 0.717) is 13.0 Å². The average molecular weight is 246 g/mol. The fourth-order valence-electron chi connectivity index (χ4n) is 2.59. The number of hydrogen-bond donors (Lipinski definition) is 1. The summed E-state index contributed by atoms with van der Waals surface area (Å²) in [6.07, 6.45) is 2.60. The molecule has 2 fully saturated rings. The van der Waals surface area contributed by atoms with Gasteiger partial charge in [-0.1, -0.05) is 6.07 Å². The Kier molecular flexibility index (Phi) is 2.86. The molecule has 96 valence electrons. The van der Waals surface area contributed by atoms with Gasteiger partial charge in [0.2, 0.25) is 0 Å². The number of rotatable bonds is 2. The van der Waals surface area contributed by atoms with E-state index in [0.717, 1.165) is 30.8 Å². The van der Waals surface area contributed by atoms with Gasteiger partial charge in [-0.2, -0.15) is 0 Å². The number of carbonyl (C=O) groups excluding carboxylic acids is 1. The summed E-state index contributed by atoms with van der Waals surface area (Å²) in [7, 11) is 0. The van der Waals surface area contributed by atoms with E-state index in [9.17, 15) is 4.79 Å². The van der Waals surface area contributed by atoms with E-state index < -0.39 is 0 Å². The number of carbonyl (C=O) groups is 1. The normalized spacial score (nSPS) is 23.4. The maximum absolute atomic E-state index is 11.1. The number of nitrogens with two attached hydrogens (primary N) is 1. The Hall–Kier alpha value is -1.71. The van der Waals surface area contributed by atoms with E-state index in [1.54, 1.807) is 0 Å². The smallest absolute Gasteiger partial charge is 0.305 e. The predicted octanol–water partition coefficient (Wildman–Crippen LogP) is 1.90. The van der Waals surface area contributed by atoms with Crippen molar-refractivity contribution in [3.05, 3.63) is 23.8 Å². The van der Waals surface area contributed by atoms with Crippen molar-refractivity contribution in [2.45, 2.75) is 25.2 Å². The van der Waals surface area contributed by atoms with Gasteiger partial charge in [0.1, 0.15) is 0 Å². The number of ether oxygens (including phenoxy) is 1. The minimum absolute atomic E-state index is 0.0954. The van der Waals surface area contributed by atoms with Crippen LogP contribution in [0.15, 0.2) is 18.2 Å². The van der Waals surface area contributed by atoms with Crippen LogP contribution in [0.3, 0.4) is 0 Å². The molecule has 4 heteroatoms. The first kappa shape index (κ1) is 11.4. The second-order valence-corrected chi connectivity index (χ2v) is 5.07. The van der Waals surface area contributed by atoms with Gasteiger partial charge >= 0.3 is 5.97 Å². The van der Waals surface area contributed by atoms with Crippen LogP contribution in [-0.2, 0) is 9.53 Å². The van der Waals surface area contributed by atoms with E-state index in [1.165, 1.54) is 12.1 Å². The number of nitrogen functional groups attached to an aromatic ring is 1. The van der Waals surface area contributed by atoms with Gasteiger partial charge < -0.3 is 15.4 Å². The minimum atomic E-state index is -0.0954. The highest BCUT2D eigenvalue weighted by molar-refractivity contribution is 5.71. The number of benzene rings is 1. The summed E-state index contributed by atoms with van der Waals surface area (Å²) in [4.78, 5) is 13.4. The number of esters is 1. The molecule has 2 aliphatic rings. The SMILES string of the molecule is Nc1cc(N2CCC2)ccc1[C@H]1CCC(=O)OC1. The molecule has 0 radical (unpaired) electrons. The van der Waals surface area contributed by atoms with Gasteiger partial charge in [-0.05, 0) is 30.5 Å². The van der Waals surface area contributed by atoms with Crippen molar-refractivity contribution >= 4 is 17.3 Å². The van der Waals surface area contributed by atoms with Crippen molar-refractivity contribution in [2.24, 2.45) is 0 Å². The summed E-state index contributed by atoms with van der Waals surface area (Å²) < 4.78 is 5.11. The first-order valence-corrected chi connectivity index (χ1v) is 6.54. The molecular weight excluding hydrogens is 228 g/mol. The van der Waals surface area contributed by atoms with Crippen molar-refractivity contribution in [3.8, 4) is 0 Å². The van der Waals surface area contributed by atoms with Crippen molar-refractivity contribution in [1.29, 1.82) is 0 Å². The van der Waals surface area contributed by atoms with Crippen LogP contribution in [0.25, 0.3) is 0 Å². The highest BCUT2D eigenvalue weighted by atomic mass is 16.5. The first-order valence-electron chi connectivity index (χ1n) is 6.54. The summed E-state index contributed by atoms with van der Waals surface area (Å²) in [5.74, 6) is 0.162. The minimum Gasteiger partial charge on any atom is -0.465 e. The standard InChI is InChI=1S/C14H18N2O2/c15-13-8-11(16-6-1-7-16)3-4-12(13)10-2-5-14(17)18-9-10/h3-4,8,10H,1-2,5-7,9,15H2/t10-/m0/s1. The monoisotopic (exact) mass is 246 g/mol. The molecule has 0 amide bonds. The topological polar surface area (TPSA) is 55.6 Å². The number of hydrogen-bond acceptors (Lipinski definition) is 4. The first-order chi connectivity index (χ1) is 8.74. The van der Waals surface area contributed by atoms with E-state index in [1.807, 2.05) is 6.07 Å². The third kappa shape index (κ3) is 2.03. The van der Waals surface area contributed by atoms with Crippen molar-refractivity contribution in [1.82, 2.24) is 0 Å². The lowest BCUT2D eigenvalue weighted by Crippen LogP contribution is -2.37. The Morgan fingerprint density at radius 3 is 2.72 bits per heavy atom. The molecule has 0 aliphatic carbocycles. The Labute approximate surface area is 107 Å². The fraction of sp³-hybridized carbons (Fsp3) is 0.500. The highest BCUT2D eigenvalue weighted by Gasteiger charge is 2.23. The molecule has 2 aliphatic heterocycles. The molecule has 0 spiro atoms. The molecule has 0 aromatic heterocycles. The van der Waals surface area contributed by atoms with Gasteiger partial charge in [-0.3, -0.25) is 4.79 Å². The van der Waals surface area contributed by atoms with Crippen molar-refractivity contribution < 1.29 is 9.53 Å². The van der Waals surface area contributed by atoms with Crippen LogP contribution < -0.4 is 10.6 Å². The predicted molar refractivity (Wildman–Crippen MR) is 70.6 cm³/mol. The Morgan fingerprint density at radius 1 is 1.33 bits per heavy atom. The van der Waals surface area contributed by atoms with Gasteiger partial charge in [0.15, 0.2) is 0 Å². The molecule has 1 aromatic rings. The van der Waals surface area contributed by atoms with E-state index >= 15 is 0 Å². The molecule has 2 N–H and O–H groups in total. The molecule has 2 heterocycles. The Balaban J connectivity index is 1.77. The van der Waals surface area contributed by atoms with Crippen LogP contribution in [-0.4, -0.2) is 25.7 Å². The third-order valence-corrected chi connectivity index (χ3v) is 3.87. The highest BCUT2D eigenvalue weighted by Crippen LogP contribution is 2.33. The van der Waals surface area contributed by atoms with Gasteiger partial charge in [0.25, 0.3) is 0 Å². The van der Waals surface area contributed by atoms with E-state index in [4.69, 9.17) is 10.5 Å². The number of cyclic esters (lactones) is 1. The molecule has 3 rings (SSSR count). The zero-order chi connectivity index (χ0) is 12.5. The molecule has 1 aromatic carbocycles. The molecule has 1 atom stereocenters. The van der Waals surface area contributed by atoms with Crippen molar-refractivity contribution in [2.75, 3.05) is 30.3 Å². The van der Waals surface area contributed by atoms with Crippen LogP contribution >= 0.6 is 0 Å². The Bertz CT molecular complexity index is 459. The quantitative estimate of drug-likeness (QED) is 0.639. The van der Waals surface area contributed by atoms with Crippen LogP contribution in [0.1, 0.15) is 30.7 Å². The Morgan fingerprint density at radius 2 is 2.17 bits per heavy atom. The summed E-state index contributed by atoms with van der Waals surface area (Å²) >= 11 is 0. The molecule has 0 bridgehead atoms. The van der Waals surface area contributed by atoms with Crippen LogP contribution in [0.2, 0.25) is 0 Å². The summed E-state index contributed by atoms with van der Waals surface area (Å²) in [5.41, 5.74) is 9.28.